The summed E-state index contributed by atoms with van der Waals surface area (Å²) >= 11 is 0. The summed E-state index contributed by atoms with van der Waals surface area (Å²) in [4.78, 5) is 24.4. The van der Waals surface area contributed by atoms with Crippen LogP contribution >= 0.6 is 0 Å². The summed E-state index contributed by atoms with van der Waals surface area (Å²) in [5.41, 5.74) is 0.795. The van der Waals surface area contributed by atoms with Crippen molar-refractivity contribution >= 4 is 11.9 Å². The van der Waals surface area contributed by atoms with E-state index in [1.54, 1.807) is 0 Å². The van der Waals surface area contributed by atoms with Crippen molar-refractivity contribution in [2.24, 2.45) is 0 Å². The van der Waals surface area contributed by atoms with Crippen molar-refractivity contribution in [1.82, 2.24) is 0 Å². The van der Waals surface area contributed by atoms with Gasteiger partial charge in [-0.1, -0.05) is 69.9 Å². The molecule has 0 aliphatic heterocycles. The molecular weight excluding hydrogens is 304 g/mol. The predicted molar refractivity (Wildman–Crippen MR) is 94.8 cm³/mol. The van der Waals surface area contributed by atoms with Crippen molar-refractivity contribution in [2.75, 3.05) is 13.2 Å². The first-order valence-corrected chi connectivity index (χ1v) is 9.06. The van der Waals surface area contributed by atoms with Crippen LogP contribution < -0.4 is 0 Å². The first-order chi connectivity index (χ1) is 11.7. The van der Waals surface area contributed by atoms with Crippen molar-refractivity contribution in [1.29, 1.82) is 0 Å². The van der Waals surface area contributed by atoms with E-state index in [1.165, 1.54) is 0 Å². The average molecular weight is 334 g/mol. The number of rotatable bonds is 12. The van der Waals surface area contributed by atoms with E-state index in [0.717, 1.165) is 44.1 Å². The van der Waals surface area contributed by atoms with E-state index in [0.29, 0.717) is 13.2 Å². The molecule has 0 bridgehead atoms. The third kappa shape index (κ3) is 8.14. The number of hydrogen-bond acceptors (Lipinski definition) is 4. The van der Waals surface area contributed by atoms with E-state index in [1.807, 2.05) is 30.3 Å². The van der Waals surface area contributed by atoms with E-state index in [9.17, 15) is 9.59 Å². The van der Waals surface area contributed by atoms with Crippen LogP contribution in [0.3, 0.4) is 0 Å². The molecule has 1 atom stereocenters. The van der Waals surface area contributed by atoms with Crippen LogP contribution in [0.4, 0.5) is 0 Å². The Bertz CT molecular complexity index is 470. The normalized spacial score (nSPS) is 11.8. The lowest BCUT2D eigenvalue weighted by Crippen LogP contribution is -2.21. The zero-order chi connectivity index (χ0) is 17.6. The van der Waals surface area contributed by atoms with Crippen LogP contribution in [0.1, 0.15) is 70.3 Å². The maximum absolute atomic E-state index is 12.4. The highest BCUT2D eigenvalue weighted by Crippen LogP contribution is 2.22. The maximum Gasteiger partial charge on any atom is 0.314 e. The summed E-state index contributed by atoms with van der Waals surface area (Å²) < 4.78 is 10.6. The summed E-state index contributed by atoms with van der Waals surface area (Å²) in [6.45, 7) is 5.02. The molecule has 0 amide bonds. The Hall–Kier alpha value is -1.84. The van der Waals surface area contributed by atoms with E-state index >= 15 is 0 Å². The van der Waals surface area contributed by atoms with Gasteiger partial charge in [-0.15, -0.1) is 0 Å². The van der Waals surface area contributed by atoms with Gasteiger partial charge in [-0.3, -0.25) is 9.59 Å². The van der Waals surface area contributed by atoms with Crippen molar-refractivity contribution in [3.05, 3.63) is 35.9 Å². The van der Waals surface area contributed by atoms with Gasteiger partial charge in [0.05, 0.1) is 25.6 Å². The summed E-state index contributed by atoms with van der Waals surface area (Å²) in [7, 11) is 0. The third-order valence-corrected chi connectivity index (χ3v) is 3.86. The van der Waals surface area contributed by atoms with E-state index < -0.39 is 5.92 Å². The molecule has 1 rings (SSSR count). The number of carbonyl (C=O) groups excluding carboxylic acids is 2. The van der Waals surface area contributed by atoms with Crippen LogP contribution in [-0.4, -0.2) is 25.2 Å². The van der Waals surface area contributed by atoms with Crippen molar-refractivity contribution in [2.45, 2.75) is 64.7 Å². The lowest BCUT2D eigenvalue weighted by Gasteiger charge is -2.16. The molecule has 134 valence electrons. The molecule has 0 saturated heterocycles. The van der Waals surface area contributed by atoms with E-state index in [2.05, 4.69) is 13.8 Å². The average Bonchev–Trinajstić information content (AvgIpc) is 2.61. The van der Waals surface area contributed by atoms with Crippen LogP contribution in [0.25, 0.3) is 0 Å². The van der Waals surface area contributed by atoms with Gasteiger partial charge in [0.1, 0.15) is 0 Å². The van der Waals surface area contributed by atoms with Crippen LogP contribution in [0.15, 0.2) is 30.3 Å². The fourth-order valence-corrected chi connectivity index (χ4v) is 2.41. The largest absolute Gasteiger partial charge is 0.466 e. The second-order valence-electron chi connectivity index (χ2n) is 5.97. The minimum Gasteiger partial charge on any atom is -0.466 e. The van der Waals surface area contributed by atoms with Crippen molar-refractivity contribution in [3.8, 4) is 0 Å². The first kappa shape index (κ1) is 20.2. The monoisotopic (exact) mass is 334 g/mol. The van der Waals surface area contributed by atoms with Crippen LogP contribution in [-0.2, 0) is 19.1 Å². The maximum atomic E-state index is 12.4. The van der Waals surface area contributed by atoms with Crippen LogP contribution in [0.5, 0.6) is 0 Å². The van der Waals surface area contributed by atoms with Gasteiger partial charge >= 0.3 is 11.9 Å². The van der Waals surface area contributed by atoms with Gasteiger partial charge in [0.25, 0.3) is 0 Å². The number of esters is 2. The molecule has 0 radical (unpaired) electrons. The van der Waals surface area contributed by atoms with Gasteiger partial charge in [-0.2, -0.15) is 0 Å². The predicted octanol–water partition coefficient (Wildman–Crippen LogP) is 4.63. The number of hydrogen-bond donors (Lipinski definition) is 0. The molecule has 4 heteroatoms. The topological polar surface area (TPSA) is 52.6 Å². The zero-order valence-electron chi connectivity index (χ0n) is 15.0. The van der Waals surface area contributed by atoms with E-state index in [-0.39, 0.29) is 18.4 Å². The highest BCUT2D eigenvalue weighted by atomic mass is 16.5. The SMILES string of the molecule is CCCCCOC(=O)CC(C(=O)OCCCCC)c1ccccc1. The Morgan fingerprint density at radius 3 is 2.04 bits per heavy atom. The molecule has 0 N–H and O–H groups in total. The number of carbonyl (C=O) groups is 2. The lowest BCUT2D eigenvalue weighted by atomic mass is 9.96. The second-order valence-corrected chi connectivity index (χ2v) is 5.97. The highest BCUT2D eigenvalue weighted by Gasteiger charge is 2.25. The summed E-state index contributed by atoms with van der Waals surface area (Å²) in [5.74, 6) is -1.28. The zero-order valence-corrected chi connectivity index (χ0v) is 15.0. The molecule has 1 unspecified atom stereocenters. The fourth-order valence-electron chi connectivity index (χ4n) is 2.41. The summed E-state index contributed by atoms with van der Waals surface area (Å²) in [5, 5.41) is 0. The lowest BCUT2D eigenvalue weighted by molar-refractivity contribution is -0.152. The molecule has 4 nitrogen and oxygen atoms in total. The van der Waals surface area contributed by atoms with Crippen LogP contribution in [0.2, 0.25) is 0 Å². The van der Waals surface area contributed by atoms with Gasteiger partial charge in [0.15, 0.2) is 0 Å². The van der Waals surface area contributed by atoms with Gasteiger partial charge in [0.2, 0.25) is 0 Å². The molecule has 24 heavy (non-hydrogen) atoms. The molecule has 0 heterocycles. The van der Waals surface area contributed by atoms with Gasteiger partial charge < -0.3 is 9.47 Å². The van der Waals surface area contributed by atoms with Gasteiger partial charge in [-0.05, 0) is 18.4 Å². The van der Waals surface area contributed by atoms with Gasteiger partial charge in [0, 0.05) is 0 Å². The van der Waals surface area contributed by atoms with Crippen LogP contribution in [0, 0.1) is 0 Å². The molecule has 1 aromatic carbocycles. The van der Waals surface area contributed by atoms with Crippen molar-refractivity contribution in [3.63, 3.8) is 0 Å². The summed E-state index contributed by atoms with van der Waals surface area (Å²) in [6, 6.07) is 9.30. The Morgan fingerprint density at radius 2 is 1.46 bits per heavy atom. The molecule has 0 aliphatic rings. The molecule has 1 aromatic rings. The molecule has 0 spiro atoms. The van der Waals surface area contributed by atoms with Gasteiger partial charge in [-0.25, -0.2) is 0 Å². The molecule has 0 fully saturated rings. The molecule has 0 aromatic heterocycles. The fraction of sp³-hybridized carbons (Fsp3) is 0.600. The Kier molecular flexibility index (Phi) is 10.6. The minimum atomic E-state index is -0.591. The molecule has 0 saturated carbocycles. The van der Waals surface area contributed by atoms with E-state index in [4.69, 9.17) is 9.47 Å². The standard InChI is InChI=1S/C20H30O4/c1-3-5-10-14-23-19(21)16-18(17-12-8-7-9-13-17)20(22)24-15-11-6-4-2/h7-9,12-13,18H,3-6,10-11,14-16H2,1-2H3. The second kappa shape index (κ2) is 12.6. The smallest absolute Gasteiger partial charge is 0.314 e. The Morgan fingerprint density at radius 1 is 0.875 bits per heavy atom. The number of unbranched alkanes of at least 4 members (excludes halogenated alkanes) is 4. The minimum absolute atomic E-state index is 0.0305. The quantitative estimate of drug-likeness (QED) is 0.413. The van der Waals surface area contributed by atoms with Crippen molar-refractivity contribution < 1.29 is 19.1 Å². The number of benzene rings is 1. The molecular formula is C20H30O4. The number of ether oxygens (including phenoxy) is 2. The first-order valence-electron chi connectivity index (χ1n) is 9.06. The Labute approximate surface area is 145 Å². The summed E-state index contributed by atoms with van der Waals surface area (Å²) in [6.07, 6.45) is 5.96. The highest BCUT2D eigenvalue weighted by molar-refractivity contribution is 5.84. The molecule has 0 aliphatic carbocycles. The third-order valence-electron chi connectivity index (χ3n) is 3.86. The Balaban J connectivity index is 2.58.